The van der Waals surface area contributed by atoms with Crippen LogP contribution in [0.5, 0.6) is 0 Å². The number of hydrogen-bond donors (Lipinski definition) is 8. The van der Waals surface area contributed by atoms with Crippen molar-refractivity contribution in [3.8, 4) is 0 Å². The Morgan fingerprint density at radius 3 is 0.570 bits per heavy atom. The highest BCUT2D eigenvalue weighted by atomic mass is 32.1. The fourth-order valence-corrected chi connectivity index (χ4v) is 6.86. The van der Waals surface area contributed by atoms with Gasteiger partial charge in [0.2, 0.25) is 0 Å². The lowest BCUT2D eigenvalue weighted by molar-refractivity contribution is -0.306. The highest BCUT2D eigenvalue weighted by molar-refractivity contribution is 7.81. The van der Waals surface area contributed by atoms with Crippen molar-refractivity contribution in [2.75, 3.05) is 271 Å². The molecule has 0 spiro atoms. The molecule has 0 bridgehead atoms. The van der Waals surface area contributed by atoms with Crippen molar-refractivity contribution in [1.29, 1.82) is 0 Å². The van der Waals surface area contributed by atoms with Crippen molar-refractivity contribution < 1.29 is 99.8 Å². The molecule has 6 atom stereocenters. The lowest BCUT2D eigenvalue weighted by Crippen LogP contribution is -2.35. The van der Waals surface area contributed by atoms with E-state index in [0.29, 0.717) is 198 Å². The summed E-state index contributed by atoms with van der Waals surface area (Å²) in [6.07, 6.45) is -2.63. The first-order chi connectivity index (χ1) is 39.0. The smallest absolute Gasteiger partial charge is 0.111 e. The van der Waals surface area contributed by atoms with Crippen molar-refractivity contribution >= 4 is 101 Å². The zero-order chi connectivity index (χ0) is 58.0. The summed E-state index contributed by atoms with van der Waals surface area (Å²) in [6.45, 7) is 17.6. The van der Waals surface area contributed by atoms with E-state index in [9.17, 15) is 0 Å². The van der Waals surface area contributed by atoms with E-state index in [4.69, 9.17) is 99.8 Å². The molecule has 0 aromatic rings. The van der Waals surface area contributed by atoms with Crippen LogP contribution in [0.25, 0.3) is 0 Å². The van der Waals surface area contributed by atoms with Gasteiger partial charge in [-0.2, -0.15) is 101 Å². The summed E-state index contributed by atoms with van der Waals surface area (Å²) in [6, 6.07) is 0. The first kappa shape index (κ1) is 82.8. The van der Waals surface area contributed by atoms with Crippen LogP contribution < -0.4 is 0 Å². The standard InChI is InChI=1S/C48H98O21S8.C2H4/c70-23-15-49-1-2-56-31-43(62-9-3-50-16-24-71)32-57-33-44(63-10-4-51-17-25-72)34-58-35-45(64-11-5-52-18-26-73)36-59-37-46(65-12-6-53-19-27-74)38-60-39-47(66-13-7-54-20-28-75)40-61-41-48(42-69-68-22-30-77)67-14-8-55-21-29-76;1-2/h43-48,70-77H,1-42H2;1-2H2. The topological polar surface area (TPSA) is 194 Å². The summed E-state index contributed by atoms with van der Waals surface area (Å²) in [5, 5.41) is 0. The third kappa shape index (κ3) is 62.6. The molecule has 6 unspecified atom stereocenters. The Morgan fingerprint density at radius 1 is 0.177 bits per heavy atom. The molecule has 0 radical (unpaired) electrons. The minimum absolute atomic E-state index is 0.146. The molecule has 0 heterocycles. The Bertz CT molecular complexity index is 1140. The van der Waals surface area contributed by atoms with Crippen LogP contribution >= 0.6 is 101 Å². The molecule has 0 saturated heterocycles. The van der Waals surface area contributed by atoms with Gasteiger partial charge in [0, 0.05) is 46.0 Å². The maximum atomic E-state index is 6.26. The van der Waals surface area contributed by atoms with Gasteiger partial charge < -0.3 is 90.0 Å². The molecule has 21 nitrogen and oxygen atoms in total. The summed E-state index contributed by atoms with van der Waals surface area (Å²) < 4.78 is 112. The van der Waals surface area contributed by atoms with Gasteiger partial charge in [-0.25, -0.2) is 9.78 Å². The molecule has 79 heavy (non-hydrogen) atoms. The van der Waals surface area contributed by atoms with E-state index >= 15 is 0 Å². The lowest BCUT2D eigenvalue weighted by Gasteiger charge is -2.24. The van der Waals surface area contributed by atoms with Crippen LogP contribution in [-0.4, -0.2) is 307 Å². The first-order valence-corrected chi connectivity index (χ1v) is 31.9. The molecule has 0 fully saturated rings. The molecule has 476 valence electrons. The second kappa shape index (κ2) is 72.2. The average Bonchev–Trinajstić information content (AvgIpc) is 3.46. The average molecular weight is 1300 g/mol. The van der Waals surface area contributed by atoms with Crippen molar-refractivity contribution in [2.24, 2.45) is 0 Å². The van der Waals surface area contributed by atoms with Gasteiger partial charge in [-0.15, -0.1) is 13.2 Å². The highest BCUT2D eigenvalue weighted by Crippen LogP contribution is 2.07. The largest absolute Gasteiger partial charge is 0.378 e. The summed E-state index contributed by atoms with van der Waals surface area (Å²) in [7, 11) is 0. The van der Waals surface area contributed by atoms with E-state index in [-0.39, 0.29) is 78.8 Å². The molecule has 0 aliphatic carbocycles. The monoisotopic (exact) mass is 1290 g/mol. The quantitative estimate of drug-likeness (QED) is 0.0144. The van der Waals surface area contributed by atoms with Gasteiger partial charge in [0.1, 0.15) is 43.2 Å². The van der Waals surface area contributed by atoms with E-state index in [0.717, 1.165) is 0 Å². The fourth-order valence-electron chi connectivity index (χ4n) is 5.88. The first-order valence-electron chi connectivity index (χ1n) is 26.8. The Kier molecular flexibility index (Phi) is 75.6. The molecule has 0 rings (SSSR count). The second-order valence-corrected chi connectivity index (χ2v) is 19.5. The minimum atomic E-state index is -0.475. The van der Waals surface area contributed by atoms with Gasteiger partial charge >= 0.3 is 0 Å². The van der Waals surface area contributed by atoms with Gasteiger partial charge in [0.05, 0.1) is 218 Å². The van der Waals surface area contributed by atoms with E-state index < -0.39 is 30.5 Å². The van der Waals surface area contributed by atoms with Crippen LogP contribution in [-0.2, 0) is 99.8 Å². The molecule has 0 amide bonds. The molecule has 0 aliphatic heterocycles. The van der Waals surface area contributed by atoms with Gasteiger partial charge in [-0.1, -0.05) is 0 Å². The number of thiol groups is 8. The van der Waals surface area contributed by atoms with Crippen LogP contribution in [0, 0.1) is 0 Å². The molecule has 29 heteroatoms. The third-order valence-corrected chi connectivity index (χ3v) is 10.8. The predicted octanol–water partition coefficient (Wildman–Crippen LogP) is 3.70. The summed E-state index contributed by atoms with van der Waals surface area (Å²) >= 11 is 33.7. The SMILES string of the molecule is C=C.SCCOCCOCC(COCC(COCC(COCC(COCC(COCC(COOCCS)OCCOCCS)OCCOCCS)OCCOCCS)OCCOCCS)OCCOCCS)OCCOCCS. The Hall–Kier alpha value is 1.70. The number of ether oxygens (including phenoxy) is 19. The van der Waals surface area contributed by atoms with Crippen molar-refractivity contribution in [3.05, 3.63) is 13.2 Å². The molecule has 0 N–H and O–H groups in total. The molecular weight excluding hydrogens is 1190 g/mol. The molecule has 0 saturated carbocycles. The Morgan fingerprint density at radius 2 is 0.354 bits per heavy atom. The summed E-state index contributed by atoms with van der Waals surface area (Å²) in [5.41, 5.74) is 0. The lowest BCUT2D eigenvalue weighted by atomic mass is 10.3. The predicted molar refractivity (Wildman–Crippen MR) is 333 cm³/mol. The molecule has 0 aromatic heterocycles. The van der Waals surface area contributed by atoms with Crippen LogP contribution in [0.1, 0.15) is 0 Å². The van der Waals surface area contributed by atoms with E-state index in [1.54, 1.807) is 0 Å². The van der Waals surface area contributed by atoms with Crippen LogP contribution in [0.15, 0.2) is 13.2 Å². The summed E-state index contributed by atoms with van der Waals surface area (Å²) in [5.74, 6) is 4.77. The van der Waals surface area contributed by atoms with E-state index in [1.165, 1.54) is 0 Å². The fraction of sp³-hybridized carbons (Fsp3) is 0.960. The summed E-state index contributed by atoms with van der Waals surface area (Å²) in [4.78, 5) is 10.5. The molecule has 0 aromatic carbocycles. The van der Waals surface area contributed by atoms with Crippen LogP contribution in [0.2, 0.25) is 0 Å². The minimum Gasteiger partial charge on any atom is -0.378 e. The molecule has 0 aliphatic rings. The second-order valence-electron chi connectivity index (χ2n) is 15.9. The molecular formula is C50H102O21S8. The van der Waals surface area contributed by atoms with Crippen molar-refractivity contribution in [3.63, 3.8) is 0 Å². The van der Waals surface area contributed by atoms with E-state index in [1.807, 2.05) is 0 Å². The van der Waals surface area contributed by atoms with Gasteiger partial charge in [0.25, 0.3) is 0 Å². The maximum absolute atomic E-state index is 6.26. The number of hydrogen-bond acceptors (Lipinski definition) is 29. The number of rotatable bonds is 68. The Labute approximate surface area is 517 Å². The zero-order valence-electron chi connectivity index (χ0n) is 46.7. The van der Waals surface area contributed by atoms with Gasteiger partial charge in [-0.05, 0) is 0 Å². The Balaban J connectivity index is 0. The third-order valence-electron chi connectivity index (χ3n) is 9.36. The van der Waals surface area contributed by atoms with Crippen LogP contribution in [0.3, 0.4) is 0 Å². The normalized spacial score (nSPS) is 14.0. The van der Waals surface area contributed by atoms with Crippen molar-refractivity contribution in [2.45, 2.75) is 36.6 Å². The van der Waals surface area contributed by atoms with E-state index in [2.05, 4.69) is 114 Å². The van der Waals surface area contributed by atoms with Crippen LogP contribution in [0.4, 0.5) is 0 Å². The highest BCUT2D eigenvalue weighted by Gasteiger charge is 2.20. The van der Waals surface area contributed by atoms with Gasteiger partial charge in [-0.3, -0.25) is 0 Å². The van der Waals surface area contributed by atoms with Gasteiger partial charge in [0.15, 0.2) is 0 Å². The van der Waals surface area contributed by atoms with Crippen molar-refractivity contribution in [1.82, 2.24) is 0 Å². The maximum Gasteiger partial charge on any atom is 0.111 e. The zero-order valence-corrected chi connectivity index (χ0v) is 53.9.